The number of hydrogen-bond donors (Lipinski definition) is 5. The largest absolute Gasteiger partial charge is 0.474 e. The topological polar surface area (TPSA) is 231 Å². The van der Waals surface area contributed by atoms with Crippen LogP contribution in [-0.4, -0.2) is 90.6 Å². The lowest BCUT2D eigenvalue weighted by molar-refractivity contribution is -0.0559. The fourth-order valence-electron chi connectivity index (χ4n) is 3.23. The third-order valence-electron chi connectivity index (χ3n) is 5.39. The quantitative estimate of drug-likeness (QED) is 0.120. The number of hydrogen-bond acceptors (Lipinski definition) is 13. The van der Waals surface area contributed by atoms with Crippen molar-refractivity contribution in [3.8, 4) is 0 Å². The van der Waals surface area contributed by atoms with Gasteiger partial charge in [-0.1, -0.05) is 13.8 Å². The molecule has 0 aliphatic carbocycles. The number of aliphatic hydroxyl groups excluding tert-OH is 2. The molecule has 0 aromatic carbocycles. The SMILES string of the molecule is CC(C)P(=O)(O)OC[C@H]1O[C@@H](n2cnc3c(N)ncnc32)C[C@@H]1OP(=O)(O)OCOCC(CO)CO. The van der Waals surface area contributed by atoms with Gasteiger partial charge in [0.25, 0.3) is 0 Å². The van der Waals surface area contributed by atoms with Gasteiger partial charge in [-0.25, -0.2) is 19.5 Å². The second kappa shape index (κ2) is 12.3. The van der Waals surface area contributed by atoms with Gasteiger partial charge in [-0.3, -0.25) is 18.2 Å². The first-order valence-corrected chi connectivity index (χ1v) is 14.1. The molecule has 0 saturated carbocycles. The maximum absolute atomic E-state index is 12.5. The first-order chi connectivity index (χ1) is 17.0. The lowest BCUT2D eigenvalue weighted by atomic mass is 10.2. The van der Waals surface area contributed by atoms with Crippen LogP contribution in [0.15, 0.2) is 12.7 Å². The first-order valence-electron chi connectivity index (χ1n) is 11.0. The Morgan fingerprint density at radius 2 is 1.92 bits per heavy atom. The van der Waals surface area contributed by atoms with E-state index in [1.54, 1.807) is 0 Å². The maximum Gasteiger partial charge on any atom is 0.474 e. The number of anilines is 1. The number of nitrogens with two attached hydrogens (primary N) is 1. The average molecular weight is 555 g/mol. The molecule has 36 heavy (non-hydrogen) atoms. The summed E-state index contributed by atoms with van der Waals surface area (Å²) in [6, 6.07) is 0. The number of nitrogen functional groups attached to an aromatic ring is 1. The van der Waals surface area contributed by atoms with Crippen LogP contribution < -0.4 is 5.73 Å². The number of aromatic nitrogens is 4. The highest BCUT2D eigenvalue weighted by molar-refractivity contribution is 7.53. The van der Waals surface area contributed by atoms with Gasteiger partial charge in [-0.15, -0.1) is 0 Å². The summed E-state index contributed by atoms with van der Waals surface area (Å²) in [4.78, 5) is 32.4. The standard InChI is InChI=1S/C18H31N5O11P2/c1-11(2)35(26,27)31-7-14-13(34-36(28,29)32-10-30-6-12(4-24)5-25)3-15(33-14)23-9-22-16-17(19)20-8-21-18(16)23/h8-9,11-15,24-25H,3-7,10H2,1-2H3,(H,26,27)(H,28,29)(H2,19,20,21)/t13-,14+,15+/m0/s1. The van der Waals surface area contributed by atoms with E-state index in [1.165, 1.54) is 31.1 Å². The van der Waals surface area contributed by atoms with Crippen LogP contribution in [-0.2, 0) is 32.2 Å². The third kappa shape index (κ3) is 7.27. The molecule has 3 rings (SSSR count). The molecule has 1 saturated heterocycles. The zero-order valence-electron chi connectivity index (χ0n) is 19.7. The smallest absolute Gasteiger partial charge is 0.396 e. The number of phosphoric ester groups is 1. The molecule has 0 bridgehead atoms. The zero-order valence-corrected chi connectivity index (χ0v) is 21.5. The summed E-state index contributed by atoms with van der Waals surface area (Å²) in [5.41, 5.74) is 5.82. The Labute approximate surface area is 206 Å². The summed E-state index contributed by atoms with van der Waals surface area (Å²) in [5, 5.41) is 18.1. The molecule has 1 aliphatic heterocycles. The average Bonchev–Trinajstić information content (AvgIpc) is 3.42. The van der Waals surface area contributed by atoms with E-state index in [0.29, 0.717) is 11.2 Å². The summed E-state index contributed by atoms with van der Waals surface area (Å²) >= 11 is 0. The van der Waals surface area contributed by atoms with E-state index >= 15 is 0 Å². The summed E-state index contributed by atoms with van der Waals surface area (Å²) in [6.45, 7) is 1.18. The fraction of sp³-hybridized carbons (Fsp3) is 0.722. The molecule has 2 aromatic rings. The van der Waals surface area contributed by atoms with Gasteiger partial charge in [0, 0.05) is 12.3 Å². The number of phosphoric acid groups is 1. The predicted molar refractivity (Wildman–Crippen MR) is 123 cm³/mol. The van der Waals surface area contributed by atoms with Gasteiger partial charge >= 0.3 is 15.4 Å². The third-order valence-corrected chi connectivity index (χ3v) is 8.18. The van der Waals surface area contributed by atoms with E-state index in [-0.39, 0.29) is 32.1 Å². The molecule has 0 amide bonds. The molecule has 3 heterocycles. The minimum absolute atomic E-state index is 0.00662. The number of imidazole rings is 1. The predicted octanol–water partition coefficient (Wildman–Crippen LogP) is 0.383. The van der Waals surface area contributed by atoms with Crippen LogP contribution in [0.1, 0.15) is 26.5 Å². The van der Waals surface area contributed by atoms with Crippen LogP contribution in [0, 0.1) is 5.92 Å². The molecule has 0 spiro atoms. The van der Waals surface area contributed by atoms with Crippen LogP contribution in [0.3, 0.4) is 0 Å². The minimum atomic E-state index is -4.69. The van der Waals surface area contributed by atoms with Crippen LogP contribution in [0.2, 0.25) is 0 Å². The lowest BCUT2D eigenvalue weighted by Gasteiger charge is -2.23. The second-order valence-corrected chi connectivity index (χ2v) is 12.2. The fourth-order valence-corrected chi connectivity index (χ4v) is 4.72. The van der Waals surface area contributed by atoms with Crippen molar-refractivity contribution in [3.63, 3.8) is 0 Å². The Morgan fingerprint density at radius 3 is 2.58 bits per heavy atom. The Morgan fingerprint density at radius 1 is 1.19 bits per heavy atom. The van der Waals surface area contributed by atoms with Gasteiger partial charge in [0.15, 0.2) is 18.3 Å². The monoisotopic (exact) mass is 555 g/mol. The molecular weight excluding hydrogens is 524 g/mol. The molecule has 18 heteroatoms. The van der Waals surface area contributed by atoms with Crippen LogP contribution in [0.25, 0.3) is 11.2 Å². The summed E-state index contributed by atoms with van der Waals surface area (Å²) < 4.78 is 52.6. The number of fused-ring (bicyclic) bond motifs is 1. The van der Waals surface area contributed by atoms with Gasteiger partial charge in [0.1, 0.15) is 30.3 Å². The molecule has 2 unspecified atom stereocenters. The molecule has 1 aliphatic rings. The molecule has 16 nitrogen and oxygen atoms in total. The summed E-state index contributed by atoms with van der Waals surface area (Å²) in [5.74, 6) is -0.420. The van der Waals surface area contributed by atoms with E-state index in [0.717, 1.165) is 0 Å². The number of nitrogens with zero attached hydrogens (tertiary/aromatic N) is 4. The minimum Gasteiger partial charge on any atom is -0.396 e. The van der Waals surface area contributed by atoms with E-state index < -0.39 is 58.8 Å². The van der Waals surface area contributed by atoms with Gasteiger partial charge in [-0.2, -0.15) is 0 Å². The maximum atomic E-state index is 12.5. The molecular formula is C18H31N5O11P2. The van der Waals surface area contributed by atoms with Crippen molar-refractivity contribution in [2.45, 2.75) is 44.4 Å². The Bertz CT molecular complexity index is 1100. The highest BCUT2D eigenvalue weighted by Crippen LogP contribution is 2.51. The molecule has 204 valence electrons. The zero-order chi connectivity index (χ0) is 26.5. The number of aliphatic hydroxyl groups is 2. The number of ether oxygens (including phenoxy) is 2. The summed E-state index contributed by atoms with van der Waals surface area (Å²) in [7, 11) is -8.66. The van der Waals surface area contributed by atoms with Crippen molar-refractivity contribution >= 4 is 32.4 Å². The van der Waals surface area contributed by atoms with Crippen LogP contribution >= 0.6 is 15.4 Å². The highest BCUT2D eigenvalue weighted by Gasteiger charge is 2.43. The summed E-state index contributed by atoms with van der Waals surface area (Å²) in [6.07, 6.45) is -0.273. The van der Waals surface area contributed by atoms with Crippen molar-refractivity contribution in [2.24, 2.45) is 5.92 Å². The lowest BCUT2D eigenvalue weighted by Crippen LogP contribution is -2.29. The molecule has 1 fully saturated rings. The van der Waals surface area contributed by atoms with Crippen molar-refractivity contribution in [3.05, 3.63) is 12.7 Å². The molecule has 2 aromatic heterocycles. The Hall–Kier alpha value is -1.55. The second-order valence-electron chi connectivity index (χ2n) is 8.36. The van der Waals surface area contributed by atoms with E-state index in [2.05, 4.69) is 15.0 Å². The van der Waals surface area contributed by atoms with E-state index in [9.17, 15) is 18.9 Å². The molecule has 6 N–H and O–H groups in total. The van der Waals surface area contributed by atoms with Crippen molar-refractivity contribution in [1.29, 1.82) is 0 Å². The van der Waals surface area contributed by atoms with Gasteiger partial charge in [0.2, 0.25) is 0 Å². The Balaban J connectivity index is 1.72. The Kier molecular flexibility index (Phi) is 9.94. The van der Waals surface area contributed by atoms with Crippen LogP contribution in [0.4, 0.5) is 5.82 Å². The van der Waals surface area contributed by atoms with Crippen molar-refractivity contribution in [2.75, 3.05) is 39.0 Å². The van der Waals surface area contributed by atoms with Gasteiger partial charge in [-0.05, 0) is 0 Å². The van der Waals surface area contributed by atoms with Gasteiger partial charge in [0.05, 0.1) is 38.4 Å². The van der Waals surface area contributed by atoms with Gasteiger partial charge < -0.3 is 39.7 Å². The molecule has 0 radical (unpaired) electrons. The molecule has 5 atom stereocenters. The first kappa shape index (κ1) is 29.0. The normalized spacial score (nSPS) is 23.9. The van der Waals surface area contributed by atoms with Crippen molar-refractivity contribution < 1.29 is 52.2 Å². The van der Waals surface area contributed by atoms with E-state index in [1.807, 2.05) is 0 Å². The van der Waals surface area contributed by atoms with Crippen molar-refractivity contribution in [1.82, 2.24) is 19.5 Å². The van der Waals surface area contributed by atoms with Crippen LogP contribution in [0.5, 0.6) is 0 Å². The highest BCUT2D eigenvalue weighted by atomic mass is 31.2. The number of rotatable bonds is 14. The van der Waals surface area contributed by atoms with E-state index in [4.69, 9.17) is 39.0 Å².